The summed E-state index contributed by atoms with van der Waals surface area (Å²) in [5, 5.41) is 0. The van der Waals surface area contributed by atoms with E-state index >= 15 is 0 Å². The molecule has 0 fully saturated rings. The van der Waals surface area contributed by atoms with E-state index in [0.717, 1.165) is 0 Å². The van der Waals surface area contributed by atoms with Crippen LogP contribution in [0.4, 0.5) is 0 Å². The van der Waals surface area contributed by atoms with Gasteiger partial charge in [0.15, 0.2) is 0 Å². The molecule has 0 spiro atoms. The van der Waals surface area contributed by atoms with E-state index in [1.54, 1.807) is 0 Å². The molecule has 0 aromatic heterocycles. The van der Waals surface area contributed by atoms with Gasteiger partial charge in [-0.2, -0.15) is 0 Å². The van der Waals surface area contributed by atoms with Gasteiger partial charge in [0, 0.05) is 0 Å². The van der Waals surface area contributed by atoms with Gasteiger partial charge in [-0.1, -0.05) is 7.43 Å². The first-order valence-electron chi connectivity index (χ1n) is 0.783. The Labute approximate surface area is 153 Å². The zero-order valence-electron chi connectivity index (χ0n) is 10.3. The average Bonchev–Trinajstić information content (AvgIpc) is 0.722. The molecular formula is CH13Ca3O4P. The second kappa shape index (κ2) is 14.4. The van der Waals surface area contributed by atoms with Crippen molar-refractivity contribution in [3.63, 3.8) is 0 Å². The smallest absolute Gasteiger partial charge is 1.00 e. The van der Waals surface area contributed by atoms with E-state index < -0.39 is 7.82 Å². The normalized spacial score (nSPS) is 6.56. The summed E-state index contributed by atoms with van der Waals surface area (Å²) < 4.78 is 8.88. The summed E-state index contributed by atoms with van der Waals surface area (Å²) in [6.07, 6.45) is 0. The quantitative estimate of drug-likeness (QED) is 0.384. The van der Waals surface area contributed by atoms with Crippen LogP contribution in [0.15, 0.2) is 0 Å². The van der Waals surface area contributed by atoms with Crippen LogP contribution >= 0.6 is 7.82 Å². The first-order chi connectivity index (χ1) is 2.00. The first-order valence-corrected chi connectivity index (χ1v) is 2.35. The van der Waals surface area contributed by atoms with Gasteiger partial charge in [-0.3, -0.25) is 0 Å². The monoisotopic (exact) mass is 240 g/mol. The van der Waals surface area contributed by atoms with Crippen LogP contribution in [-0.2, 0) is 4.57 Å². The Bertz CT molecular complexity index is 76.5. The molecule has 0 aromatic rings. The molecule has 0 atom stereocenters. The Hall–Kier alpha value is 3.89. The molecule has 0 bridgehead atoms. The Balaban J connectivity index is -0.00000000178. The molecule has 0 heterocycles. The zero-order chi connectivity index (χ0) is 4.50. The van der Waals surface area contributed by atoms with Crippen molar-refractivity contribution in [1.29, 1.82) is 0 Å². The van der Waals surface area contributed by atoms with Crippen LogP contribution in [0.3, 0.4) is 0 Å². The summed E-state index contributed by atoms with van der Waals surface area (Å²) >= 11 is 0. The van der Waals surface area contributed by atoms with Crippen molar-refractivity contribution in [3.8, 4) is 0 Å². The van der Waals surface area contributed by atoms with Gasteiger partial charge in [-0.05, 0) is 0 Å². The maximum atomic E-state index is 8.88. The fraction of sp³-hybridized carbons (Fsp3) is 1.00. The van der Waals surface area contributed by atoms with Gasteiger partial charge in [0.1, 0.15) is 0 Å². The third-order valence-corrected chi connectivity index (χ3v) is 0. The van der Waals surface area contributed by atoms with Gasteiger partial charge in [-0.15, -0.1) is 0 Å². The van der Waals surface area contributed by atoms with Crippen LogP contribution in [0.2, 0.25) is 0 Å². The van der Waals surface area contributed by atoms with E-state index in [9.17, 15) is 0 Å². The molecule has 0 saturated heterocycles. The number of hydrogen-bond donors (Lipinski definition) is 3. The maximum Gasteiger partial charge on any atom is 2.00 e. The Morgan fingerprint density at radius 1 is 1.00 bits per heavy atom. The summed E-state index contributed by atoms with van der Waals surface area (Å²) in [7, 11) is -4.64. The van der Waals surface area contributed by atoms with Gasteiger partial charge in [0.25, 0.3) is 0 Å². The largest absolute Gasteiger partial charge is 2.00 e. The molecule has 0 aliphatic rings. The van der Waals surface area contributed by atoms with Gasteiger partial charge in [0.05, 0.1) is 0 Å². The molecule has 0 aromatic carbocycles. The minimum Gasteiger partial charge on any atom is -1.00 e. The molecular weight excluding hydrogens is 227 g/mol. The first kappa shape index (κ1) is 29.3. The van der Waals surface area contributed by atoms with E-state index in [2.05, 4.69) is 0 Å². The predicted molar refractivity (Wildman–Crippen MR) is 44.9 cm³/mol. The molecule has 0 aliphatic carbocycles. The van der Waals surface area contributed by atoms with E-state index in [-0.39, 0.29) is 129 Å². The summed E-state index contributed by atoms with van der Waals surface area (Å²) in [4.78, 5) is 21.6. The molecule has 0 amide bonds. The van der Waals surface area contributed by atoms with Gasteiger partial charge in [-0.25, -0.2) is 4.57 Å². The van der Waals surface area contributed by atoms with Crippen molar-refractivity contribution in [2.75, 3.05) is 0 Å². The standard InChI is InChI=1S/CH4.3Ca.H3O4P.6H/c;;;;1-5(2,3)4;;;;;;/h1H4;;;;(H3,1,2,3,4);;;;;;/q;3*+2;;6*-1. The SMILES string of the molecule is C.O=P(O)(O)O.[Ca+2].[Ca+2].[Ca+2].[H-].[H-].[H-].[H-].[H-].[H-]. The van der Waals surface area contributed by atoms with Crippen LogP contribution in [0.25, 0.3) is 0 Å². The topological polar surface area (TPSA) is 77.8 Å². The zero-order valence-corrected chi connectivity index (χ0v) is 11.8. The second-order valence-electron chi connectivity index (χ2n) is 0.513. The summed E-state index contributed by atoms with van der Waals surface area (Å²) in [6, 6.07) is 0. The number of phosphoric acid groups is 1. The van der Waals surface area contributed by atoms with Crippen molar-refractivity contribution in [1.82, 2.24) is 0 Å². The van der Waals surface area contributed by atoms with E-state index in [1.165, 1.54) is 0 Å². The van der Waals surface area contributed by atoms with E-state index in [4.69, 9.17) is 19.2 Å². The molecule has 0 rings (SSSR count). The van der Waals surface area contributed by atoms with Gasteiger partial charge >= 0.3 is 121 Å². The van der Waals surface area contributed by atoms with Crippen molar-refractivity contribution >= 4 is 121 Å². The van der Waals surface area contributed by atoms with Gasteiger partial charge in [0.2, 0.25) is 0 Å². The molecule has 0 saturated carbocycles. The van der Waals surface area contributed by atoms with E-state index in [0.29, 0.717) is 0 Å². The summed E-state index contributed by atoms with van der Waals surface area (Å²) in [5.41, 5.74) is 0. The van der Waals surface area contributed by atoms with Crippen LogP contribution in [0.5, 0.6) is 0 Å². The fourth-order valence-corrected chi connectivity index (χ4v) is 0. The van der Waals surface area contributed by atoms with Crippen LogP contribution in [-0.4, -0.2) is 128 Å². The third kappa shape index (κ3) is 76.9. The molecule has 0 radical (unpaired) electrons. The van der Waals surface area contributed by atoms with Crippen LogP contribution < -0.4 is 0 Å². The Morgan fingerprint density at radius 2 is 1.00 bits per heavy atom. The minimum absolute atomic E-state index is 0. The molecule has 52 valence electrons. The van der Waals surface area contributed by atoms with Crippen molar-refractivity contribution in [2.24, 2.45) is 0 Å². The second-order valence-corrected chi connectivity index (χ2v) is 1.54. The molecule has 3 N–H and O–H groups in total. The fourth-order valence-electron chi connectivity index (χ4n) is 0. The van der Waals surface area contributed by atoms with Gasteiger partial charge < -0.3 is 23.2 Å². The Kier molecular flexibility index (Phi) is 46.9. The van der Waals surface area contributed by atoms with Crippen molar-refractivity contribution in [2.45, 2.75) is 7.43 Å². The molecule has 0 unspecified atom stereocenters. The number of rotatable bonds is 0. The molecule has 0 aliphatic heterocycles. The summed E-state index contributed by atoms with van der Waals surface area (Å²) in [5.74, 6) is 0. The number of hydrogen-bond acceptors (Lipinski definition) is 1. The third-order valence-electron chi connectivity index (χ3n) is 0. The van der Waals surface area contributed by atoms with Crippen molar-refractivity contribution in [3.05, 3.63) is 0 Å². The Morgan fingerprint density at radius 3 is 1.00 bits per heavy atom. The maximum absolute atomic E-state index is 8.88. The molecule has 9 heavy (non-hydrogen) atoms. The molecule has 4 nitrogen and oxygen atoms in total. The van der Waals surface area contributed by atoms with Crippen LogP contribution in [0.1, 0.15) is 16.0 Å². The minimum atomic E-state index is -4.64. The van der Waals surface area contributed by atoms with Crippen LogP contribution in [0, 0.1) is 0 Å². The predicted octanol–water partition coefficient (Wildman–Crippen LogP) is -0.760. The molecule has 8 heteroatoms. The summed E-state index contributed by atoms with van der Waals surface area (Å²) in [6.45, 7) is 0. The van der Waals surface area contributed by atoms with Crippen molar-refractivity contribution < 1.29 is 27.8 Å². The van der Waals surface area contributed by atoms with E-state index in [1.807, 2.05) is 0 Å². The average molecular weight is 240 g/mol.